The molecule has 0 amide bonds. The molecule has 18 heavy (non-hydrogen) atoms. The van der Waals surface area contributed by atoms with Gasteiger partial charge in [-0.05, 0) is 18.1 Å². The summed E-state index contributed by atoms with van der Waals surface area (Å²) >= 11 is 0. The highest BCUT2D eigenvalue weighted by Gasteiger charge is 2.36. The molecular weight excluding hydrogens is 252 g/mol. The van der Waals surface area contributed by atoms with Crippen LogP contribution in [0.1, 0.15) is 25.6 Å². The number of aromatic nitrogens is 4. The molecule has 0 bridgehead atoms. The molecular formula is C10H22N4O3Si. The third-order valence-electron chi connectivity index (χ3n) is 2.74. The molecule has 0 unspecified atom stereocenters. The zero-order valence-electron chi connectivity index (χ0n) is 11.5. The van der Waals surface area contributed by atoms with Gasteiger partial charge >= 0.3 is 8.80 Å². The predicted octanol–water partition coefficient (Wildman–Crippen LogP) is 0.894. The van der Waals surface area contributed by atoms with Crippen molar-refractivity contribution in [3.05, 3.63) is 5.82 Å². The molecule has 7 nitrogen and oxygen atoms in total. The Morgan fingerprint density at radius 1 is 1.17 bits per heavy atom. The lowest BCUT2D eigenvalue weighted by Crippen LogP contribution is -2.42. The highest BCUT2D eigenvalue weighted by Crippen LogP contribution is 2.15. The molecule has 0 spiro atoms. The minimum Gasteiger partial charge on any atom is -0.377 e. The second-order valence-electron chi connectivity index (χ2n) is 3.95. The summed E-state index contributed by atoms with van der Waals surface area (Å²) in [4.78, 5) is 1.62. The van der Waals surface area contributed by atoms with Crippen molar-refractivity contribution in [3.63, 3.8) is 0 Å². The highest BCUT2D eigenvalue weighted by molar-refractivity contribution is 6.60. The van der Waals surface area contributed by atoms with Crippen LogP contribution >= 0.6 is 0 Å². The SMILES string of the molecule is CCCc1nnn(CCC[Si](OC)(OC)OC)n1. The normalized spacial score (nSPS) is 12.0. The monoisotopic (exact) mass is 274 g/mol. The molecule has 0 saturated carbocycles. The van der Waals surface area contributed by atoms with Crippen molar-refractivity contribution in [2.45, 2.75) is 38.8 Å². The summed E-state index contributed by atoms with van der Waals surface area (Å²) in [5.41, 5.74) is 0. The van der Waals surface area contributed by atoms with Gasteiger partial charge in [-0.25, -0.2) is 0 Å². The van der Waals surface area contributed by atoms with Gasteiger partial charge in [-0.3, -0.25) is 0 Å². The van der Waals surface area contributed by atoms with Crippen molar-refractivity contribution >= 4 is 8.80 Å². The summed E-state index contributed by atoms with van der Waals surface area (Å²) in [6, 6.07) is 0.737. The molecule has 0 fully saturated rings. The van der Waals surface area contributed by atoms with Crippen LogP contribution < -0.4 is 0 Å². The number of aryl methyl sites for hydroxylation is 2. The fourth-order valence-electron chi connectivity index (χ4n) is 1.69. The van der Waals surface area contributed by atoms with E-state index in [1.165, 1.54) is 0 Å². The third-order valence-corrected chi connectivity index (χ3v) is 5.57. The van der Waals surface area contributed by atoms with Gasteiger partial charge in [0.05, 0.1) is 6.54 Å². The van der Waals surface area contributed by atoms with Crippen LogP contribution in [0.2, 0.25) is 6.04 Å². The topological polar surface area (TPSA) is 71.3 Å². The number of rotatable bonds is 9. The third kappa shape index (κ3) is 4.12. The summed E-state index contributed by atoms with van der Waals surface area (Å²) in [7, 11) is 2.38. The molecule has 1 aromatic heterocycles. The maximum Gasteiger partial charge on any atom is 0.500 e. The van der Waals surface area contributed by atoms with Crippen LogP contribution in [-0.4, -0.2) is 50.3 Å². The summed E-state index contributed by atoms with van der Waals surface area (Å²) in [5.74, 6) is 0.797. The van der Waals surface area contributed by atoms with Crippen molar-refractivity contribution in [2.75, 3.05) is 21.3 Å². The van der Waals surface area contributed by atoms with Crippen LogP contribution in [0.3, 0.4) is 0 Å². The average molecular weight is 274 g/mol. The van der Waals surface area contributed by atoms with E-state index in [0.29, 0.717) is 6.54 Å². The Hall–Kier alpha value is -0.833. The zero-order chi connectivity index (χ0) is 13.4. The molecule has 0 atom stereocenters. The number of nitrogens with zero attached hydrogens (tertiary/aromatic N) is 4. The highest BCUT2D eigenvalue weighted by atomic mass is 28.4. The van der Waals surface area contributed by atoms with Crippen molar-refractivity contribution in [1.29, 1.82) is 0 Å². The summed E-state index contributed by atoms with van der Waals surface area (Å²) < 4.78 is 16.0. The van der Waals surface area contributed by atoms with Gasteiger partial charge in [0.1, 0.15) is 0 Å². The van der Waals surface area contributed by atoms with Crippen LogP contribution in [0, 0.1) is 0 Å². The Morgan fingerprint density at radius 3 is 2.39 bits per heavy atom. The van der Waals surface area contributed by atoms with E-state index in [0.717, 1.165) is 31.1 Å². The second-order valence-corrected chi connectivity index (χ2v) is 7.04. The Kier molecular flexibility index (Phi) is 6.40. The fourth-order valence-corrected chi connectivity index (χ4v) is 3.39. The van der Waals surface area contributed by atoms with E-state index in [4.69, 9.17) is 13.3 Å². The predicted molar refractivity (Wildman–Crippen MR) is 68.0 cm³/mol. The molecule has 1 rings (SSSR count). The lowest BCUT2D eigenvalue weighted by molar-refractivity contribution is 0.122. The Morgan fingerprint density at radius 2 is 1.83 bits per heavy atom. The molecule has 0 aliphatic heterocycles. The van der Waals surface area contributed by atoms with E-state index in [1.807, 2.05) is 0 Å². The molecule has 0 aromatic carbocycles. The number of hydrogen-bond acceptors (Lipinski definition) is 6. The van der Waals surface area contributed by atoms with E-state index in [9.17, 15) is 0 Å². The number of hydrogen-bond donors (Lipinski definition) is 0. The van der Waals surface area contributed by atoms with E-state index in [2.05, 4.69) is 22.3 Å². The zero-order valence-corrected chi connectivity index (χ0v) is 12.5. The van der Waals surface area contributed by atoms with Gasteiger partial charge in [-0.15, -0.1) is 10.2 Å². The smallest absolute Gasteiger partial charge is 0.377 e. The summed E-state index contributed by atoms with van der Waals surface area (Å²) in [6.45, 7) is 2.79. The molecule has 0 radical (unpaired) electrons. The van der Waals surface area contributed by atoms with Crippen molar-refractivity contribution in [1.82, 2.24) is 20.2 Å². The maximum atomic E-state index is 5.35. The molecule has 0 aliphatic carbocycles. The van der Waals surface area contributed by atoms with Gasteiger partial charge in [-0.2, -0.15) is 4.80 Å². The first kappa shape index (κ1) is 15.2. The molecule has 8 heteroatoms. The molecule has 0 N–H and O–H groups in total. The summed E-state index contributed by atoms with van der Waals surface area (Å²) in [6.07, 6.45) is 2.73. The van der Waals surface area contributed by atoms with Gasteiger partial charge < -0.3 is 13.3 Å². The van der Waals surface area contributed by atoms with Crippen LogP contribution in [0.25, 0.3) is 0 Å². The van der Waals surface area contributed by atoms with Crippen molar-refractivity contribution in [3.8, 4) is 0 Å². The van der Waals surface area contributed by atoms with E-state index in [1.54, 1.807) is 26.1 Å². The van der Waals surface area contributed by atoms with Gasteiger partial charge in [-0.1, -0.05) is 6.92 Å². The molecule has 1 aromatic rings. The van der Waals surface area contributed by atoms with E-state index < -0.39 is 8.80 Å². The van der Waals surface area contributed by atoms with Crippen LogP contribution in [0.5, 0.6) is 0 Å². The van der Waals surface area contributed by atoms with Crippen LogP contribution in [-0.2, 0) is 26.2 Å². The molecule has 104 valence electrons. The summed E-state index contributed by atoms with van der Waals surface area (Å²) in [5, 5.41) is 12.3. The first-order valence-corrected chi connectivity index (χ1v) is 8.05. The minimum atomic E-state index is -2.47. The fraction of sp³-hybridized carbons (Fsp3) is 0.900. The largest absolute Gasteiger partial charge is 0.500 e. The Balaban J connectivity index is 2.40. The molecule has 1 heterocycles. The van der Waals surface area contributed by atoms with E-state index in [-0.39, 0.29) is 0 Å². The van der Waals surface area contributed by atoms with Crippen LogP contribution in [0.15, 0.2) is 0 Å². The average Bonchev–Trinajstić information content (AvgIpc) is 2.84. The van der Waals surface area contributed by atoms with Gasteiger partial charge in [0.2, 0.25) is 0 Å². The molecule has 0 aliphatic rings. The lowest BCUT2D eigenvalue weighted by Gasteiger charge is -2.23. The first-order chi connectivity index (χ1) is 8.69. The van der Waals surface area contributed by atoms with Crippen LogP contribution in [0.4, 0.5) is 0 Å². The van der Waals surface area contributed by atoms with Gasteiger partial charge in [0, 0.05) is 33.8 Å². The standard InChI is InChI=1S/C10H22N4O3Si/c1-5-7-10-11-13-14(12-10)8-6-9-18(15-2,16-3)17-4/h5-9H2,1-4H3. The Bertz CT molecular complexity index is 335. The van der Waals surface area contributed by atoms with Crippen molar-refractivity contribution < 1.29 is 13.3 Å². The van der Waals surface area contributed by atoms with Crippen molar-refractivity contribution in [2.24, 2.45) is 0 Å². The van der Waals surface area contributed by atoms with Gasteiger partial charge in [0.25, 0.3) is 0 Å². The molecule has 0 saturated heterocycles. The minimum absolute atomic E-state index is 0.696. The maximum absolute atomic E-state index is 5.35. The number of tetrazole rings is 1. The quantitative estimate of drug-likeness (QED) is 0.623. The first-order valence-electron chi connectivity index (χ1n) is 6.11. The Labute approximate surface area is 109 Å². The lowest BCUT2D eigenvalue weighted by atomic mass is 10.3. The van der Waals surface area contributed by atoms with E-state index >= 15 is 0 Å². The van der Waals surface area contributed by atoms with Gasteiger partial charge in [0.15, 0.2) is 5.82 Å². The second kappa shape index (κ2) is 7.57.